The molecular weight excluding hydrogens is 261 g/mol. The molecule has 1 atom stereocenters. The zero-order valence-corrected chi connectivity index (χ0v) is 10.5. The Morgan fingerprint density at radius 2 is 2.29 bits per heavy atom. The fourth-order valence-electron chi connectivity index (χ4n) is 1.98. The van der Waals surface area contributed by atoms with E-state index >= 15 is 0 Å². The third-order valence-corrected chi connectivity index (χ3v) is 3.64. The van der Waals surface area contributed by atoms with E-state index in [9.17, 15) is 0 Å². The van der Waals surface area contributed by atoms with Crippen LogP contribution in [0.5, 0.6) is 0 Å². The SMILES string of the molecule is Cc1c(Cl)cc(Br)cc1C1CCCN1. The second-order valence-electron chi connectivity index (χ2n) is 3.75. The second-order valence-corrected chi connectivity index (χ2v) is 5.07. The van der Waals surface area contributed by atoms with E-state index in [-0.39, 0.29) is 0 Å². The monoisotopic (exact) mass is 273 g/mol. The molecule has 2 rings (SSSR count). The molecule has 1 heterocycles. The Hall–Kier alpha value is -0.0500. The van der Waals surface area contributed by atoms with E-state index in [4.69, 9.17) is 11.6 Å². The molecule has 1 aromatic carbocycles. The summed E-state index contributed by atoms with van der Waals surface area (Å²) in [7, 11) is 0. The van der Waals surface area contributed by atoms with Gasteiger partial charge in [-0.1, -0.05) is 27.5 Å². The van der Waals surface area contributed by atoms with Crippen molar-refractivity contribution in [3.8, 4) is 0 Å². The van der Waals surface area contributed by atoms with Gasteiger partial charge in [-0.2, -0.15) is 0 Å². The van der Waals surface area contributed by atoms with Gasteiger partial charge in [0.15, 0.2) is 0 Å². The van der Waals surface area contributed by atoms with Crippen LogP contribution in [0, 0.1) is 6.92 Å². The number of rotatable bonds is 1. The summed E-state index contributed by atoms with van der Waals surface area (Å²) < 4.78 is 1.07. The standard InChI is InChI=1S/C11H13BrClN/c1-7-9(11-3-2-4-14-11)5-8(12)6-10(7)13/h5-6,11,14H,2-4H2,1H3. The lowest BCUT2D eigenvalue weighted by Gasteiger charge is -2.15. The topological polar surface area (TPSA) is 12.0 Å². The van der Waals surface area contributed by atoms with Crippen molar-refractivity contribution in [2.75, 3.05) is 6.54 Å². The third-order valence-electron chi connectivity index (χ3n) is 2.78. The molecule has 0 bridgehead atoms. The summed E-state index contributed by atoms with van der Waals surface area (Å²) in [6.45, 7) is 3.21. The van der Waals surface area contributed by atoms with Crippen LogP contribution in [0.2, 0.25) is 5.02 Å². The average molecular weight is 275 g/mol. The van der Waals surface area contributed by atoms with E-state index in [1.54, 1.807) is 0 Å². The van der Waals surface area contributed by atoms with Gasteiger partial charge in [-0.05, 0) is 49.6 Å². The van der Waals surface area contributed by atoms with Gasteiger partial charge < -0.3 is 5.32 Å². The molecule has 0 aromatic heterocycles. The van der Waals surface area contributed by atoms with E-state index in [0.717, 1.165) is 16.0 Å². The normalized spacial score (nSPS) is 21.5. The summed E-state index contributed by atoms with van der Waals surface area (Å²) >= 11 is 9.62. The fraction of sp³-hybridized carbons (Fsp3) is 0.455. The minimum atomic E-state index is 0.491. The van der Waals surface area contributed by atoms with Crippen LogP contribution in [0.4, 0.5) is 0 Å². The van der Waals surface area contributed by atoms with Crippen molar-refractivity contribution < 1.29 is 0 Å². The Kier molecular flexibility index (Phi) is 3.15. The number of nitrogens with one attached hydrogen (secondary N) is 1. The largest absolute Gasteiger partial charge is 0.310 e. The predicted molar refractivity (Wildman–Crippen MR) is 63.9 cm³/mol. The van der Waals surface area contributed by atoms with E-state index in [1.165, 1.54) is 24.0 Å². The predicted octanol–water partition coefficient (Wildman–Crippen LogP) is 3.84. The first-order valence-electron chi connectivity index (χ1n) is 4.87. The Balaban J connectivity index is 2.40. The van der Waals surface area contributed by atoms with Gasteiger partial charge in [0.1, 0.15) is 0 Å². The molecule has 1 aliphatic heterocycles. The summed E-state index contributed by atoms with van der Waals surface area (Å²) in [5, 5.41) is 4.34. The summed E-state index contributed by atoms with van der Waals surface area (Å²) in [5.74, 6) is 0. The Morgan fingerprint density at radius 3 is 2.93 bits per heavy atom. The first-order chi connectivity index (χ1) is 6.68. The molecule has 76 valence electrons. The van der Waals surface area contributed by atoms with Crippen LogP contribution in [-0.2, 0) is 0 Å². The lowest BCUT2D eigenvalue weighted by Crippen LogP contribution is -2.14. The van der Waals surface area contributed by atoms with E-state index in [0.29, 0.717) is 6.04 Å². The number of halogens is 2. The van der Waals surface area contributed by atoms with Crippen molar-refractivity contribution in [1.29, 1.82) is 0 Å². The molecule has 1 aromatic rings. The van der Waals surface area contributed by atoms with Crippen LogP contribution in [0.1, 0.15) is 30.0 Å². The second kappa shape index (κ2) is 4.21. The first-order valence-corrected chi connectivity index (χ1v) is 6.04. The summed E-state index contributed by atoms with van der Waals surface area (Å²) in [6.07, 6.45) is 2.47. The highest BCUT2D eigenvalue weighted by Gasteiger charge is 2.19. The minimum Gasteiger partial charge on any atom is -0.310 e. The van der Waals surface area contributed by atoms with Gasteiger partial charge in [0, 0.05) is 15.5 Å². The fourth-order valence-corrected chi connectivity index (χ4v) is 2.81. The number of hydrogen-bond donors (Lipinski definition) is 1. The van der Waals surface area contributed by atoms with Crippen molar-refractivity contribution in [2.45, 2.75) is 25.8 Å². The van der Waals surface area contributed by atoms with Crippen LogP contribution in [0.3, 0.4) is 0 Å². The molecule has 1 nitrogen and oxygen atoms in total. The highest BCUT2D eigenvalue weighted by atomic mass is 79.9. The Labute approximate surface area is 98.0 Å². The molecule has 14 heavy (non-hydrogen) atoms. The van der Waals surface area contributed by atoms with Crippen LogP contribution < -0.4 is 5.32 Å². The number of hydrogen-bond acceptors (Lipinski definition) is 1. The lowest BCUT2D eigenvalue weighted by atomic mass is 10.0. The molecule has 0 saturated carbocycles. The van der Waals surface area contributed by atoms with E-state index in [2.05, 4.69) is 34.2 Å². The zero-order chi connectivity index (χ0) is 10.1. The van der Waals surface area contributed by atoms with Gasteiger partial charge in [0.2, 0.25) is 0 Å². The highest BCUT2D eigenvalue weighted by Crippen LogP contribution is 2.32. The van der Waals surface area contributed by atoms with E-state index in [1.807, 2.05) is 6.07 Å². The molecule has 1 unspecified atom stereocenters. The van der Waals surface area contributed by atoms with Gasteiger partial charge in [-0.3, -0.25) is 0 Å². The molecule has 0 amide bonds. The molecule has 1 saturated heterocycles. The average Bonchev–Trinajstić information content (AvgIpc) is 2.63. The Bertz CT molecular complexity index is 345. The van der Waals surface area contributed by atoms with Crippen molar-refractivity contribution >= 4 is 27.5 Å². The van der Waals surface area contributed by atoms with Gasteiger partial charge in [0.25, 0.3) is 0 Å². The molecule has 1 aliphatic rings. The maximum Gasteiger partial charge on any atom is 0.0449 e. The summed E-state index contributed by atoms with van der Waals surface area (Å²) in [4.78, 5) is 0. The quantitative estimate of drug-likeness (QED) is 0.820. The minimum absolute atomic E-state index is 0.491. The molecule has 1 fully saturated rings. The highest BCUT2D eigenvalue weighted by molar-refractivity contribution is 9.10. The van der Waals surface area contributed by atoms with Crippen molar-refractivity contribution in [2.24, 2.45) is 0 Å². The van der Waals surface area contributed by atoms with E-state index < -0.39 is 0 Å². The first kappa shape index (κ1) is 10.5. The van der Waals surface area contributed by atoms with Crippen molar-refractivity contribution in [3.05, 3.63) is 32.8 Å². The Morgan fingerprint density at radius 1 is 1.50 bits per heavy atom. The molecule has 0 spiro atoms. The molecule has 0 radical (unpaired) electrons. The molecular formula is C11H13BrClN. The lowest BCUT2D eigenvalue weighted by molar-refractivity contribution is 0.643. The summed E-state index contributed by atoms with van der Waals surface area (Å²) in [6, 6.07) is 4.62. The molecule has 1 N–H and O–H groups in total. The van der Waals surface area contributed by atoms with Crippen molar-refractivity contribution in [1.82, 2.24) is 5.32 Å². The number of benzene rings is 1. The van der Waals surface area contributed by atoms with Gasteiger partial charge in [-0.15, -0.1) is 0 Å². The van der Waals surface area contributed by atoms with Crippen molar-refractivity contribution in [3.63, 3.8) is 0 Å². The maximum absolute atomic E-state index is 6.14. The zero-order valence-electron chi connectivity index (χ0n) is 8.11. The third kappa shape index (κ3) is 1.97. The van der Waals surface area contributed by atoms with Crippen LogP contribution in [0.15, 0.2) is 16.6 Å². The van der Waals surface area contributed by atoms with Gasteiger partial charge in [-0.25, -0.2) is 0 Å². The molecule has 3 heteroatoms. The van der Waals surface area contributed by atoms with Crippen LogP contribution in [-0.4, -0.2) is 6.54 Å². The maximum atomic E-state index is 6.14. The molecule has 0 aliphatic carbocycles. The van der Waals surface area contributed by atoms with Crippen LogP contribution >= 0.6 is 27.5 Å². The smallest absolute Gasteiger partial charge is 0.0449 e. The van der Waals surface area contributed by atoms with Gasteiger partial charge >= 0.3 is 0 Å². The summed E-state index contributed by atoms with van der Waals surface area (Å²) in [5.41, 5.74) is 2.54. The van der Waals surface area contributed by atoms with Crippen LogP contribution in [0.25, 0.3) is 0 Å². The van der Waals surface area contributed by atoms with Gasteiger partial charge in [0.05, 0.1) is 0 Å².